The van der Waals surface area contributed by atoms with Crippen LogP contribution in [0.1, 0.15) is 0 Å². The van der Waals surface area contributed by atoms with Crippen molar-refractivity contribution in [3.8, 4) is 0 Å². The lowest BCUT2D eigenvalue weighted by Gasteiger charge is -1.90. The molecule has 56 valence electrons. The fourth-order valence-corrected chi connectivity index (χ4v) is 1.02. The minimum Gasteiger partial charge on any atom is -0.356 e. The van der Waals surface area contributed by atoms with E-state index in [4.69, 9.17) is 16.1 Å². The Morgan fingerprint density at radius 2 is 2.27 bits per heavy atom. The zero-order valence-corrected chi connectivity index (χ0v) is 6.10. The molecule has 2 nitrogen and oxygen atoms in total. The van der Waals surface area contributed by atoms with Crippen LogP contribution < -0.4 is 0 Å². The van der Waals surface area contributed by atoms with E-state index in [1.54, 1.807) is 0 Å². The maximum atomic E-state index is 12.7. The molecular formula is C7H3ClFNO. The molecule has 0 atom stereocenters. The van der Waals surface area contributed by atoms with Crippen molar-refractivity contribution in [1.82, 2.24) is 5.16 Å². The SMILES string of the molecule is Fc1cc2cnoc2cc1Cl. The van der Waals surface area contributed by atoms with Crippen molar-refractivity contribution >= 4 is 22.6 Å². The lowest BCUT2D eigenvalue weighted by atomic mass is 10.3. The molecule has 0 radical (unpaired) electrons. The number of benzene rings is 1. The number of rotatable bonds is 0. The molecule has 4 heteroatoms. The standard InChI is InChI=1S/C7H3ClFNO/c8-5-2-7-4(1-6(5)9)3-10-11-7/h1-3H. The van der Waals surface area contributed by atoms with E-state index in [9.17, 15) is 4.39 Å². The molecule has 0 aliphatic carbocycles. The Hall–Kier alpha value is -1.09. The predicted octanol–water partition coefficient (Wildman–Crippen LogP) is 2.62. The first kappa shape index (κ1) is 6.61. The molecule has 2 rings (SSSR count). The van der Waals surface area contributed by atoms with Crippen molar-refractivity contribution in [2.75, 3.05) is 0 Å². The number of nitrogens with zero attached hydrogens (tertiary/aromatic N) is 1. The van der Waals surface area contributed by atoms with E-state index in [-0.39, 0.29) is 5.02 Å². The van der Waals surface area contributed by atoms with Gasteiger partial charge < -0.3 is 4.52 Å². The molecule has 0 N–H and O–H groups in total. The normalized spacial score (nSPS) is 10.7. The molecule has 0 aliphatic heterocycles. The molecule has 0 spiro atoms. The average molecular weight is 172 g/mol. The first-order valence-corrected chi connectivity index (χ1v) is 3.34. The van der Waals surface area contributed by atoms with Gasteiger partial charge in [-0.05, 0) is 6.07 Å². The van der Waals surface area contributed by atoms with E-state index in [1.807, 2.05) is 0 Å². The molecule has 1 heterocycles. The topological polar surface area (TPSA) is 26.0 Å². The molecule has 0 amide bonds. The summed E-state index contributed by atoms with van der Waals surface area (Å²) < 4.78 is 17.5. The molecule has 0 fully saturated rings. The van der Waals surface area contributed by atoms with Crippen LogP contribution in [0, 0.1) is 5.82 Å². The van der Waals surface area contributed by atoms with Crippen molar-refractivity contribution in [1.29, 1.82) is 0 Å². The van der Waals surface area contributed by atoms with E-state index in [1.165, 1.54) is 18.3 Å². The second kappa shape index (κ2) is 2.20. The molecular weight excluding hydrogens is 169 g/mol. The summed E-state index contributed by atoms with van der Waals surface area (Å²) in [6.45, 7) is 0. The highest BCUT2D eigenvalue weighted by molar-refractivity contribution is 6.31. The summed E-state index contributed by atoms with van der Waals surface area (Å²) in [6, 6.07) is 2.69. The van der Waals surface area contributed by atoms with Crippen LogP contribution in [-0.4, -0.2) is 5.16 Å². The van der Waals surface area contributed by atoms with Gasteiger partial charge in [-0.3, -0.25) is 0 Å². The minimum absolute atomic E-state index is 0.0502. The summed E-state index contributed by atoms with van der Waals surface area (Å²) in [6.07, 6.45) is 1.44. The number of hydrogen-bond donors (Lipinski definition) is 0. The highest BCUT2D eigenvalue weighted by Gasteiger charge is 2.04. The van der Waals surface area contributed by atoms with E-state index in [0.29, 0.717) is 11.0 Å². The monoisotopic (exact) mass is 171 g/mol. The first-order valence-electron chi connectivity index (χ1n) is 2.97. The van der Waals surface area contributed by atoms with E-state index in [0.717, 1.165) is 0 Å². The van der Waals surface area contributed by atoms with Crippen molar-refractivity contribution < 1.29 is 8.91 Å². The third-order valence-corrected chi connectivity index (χ3v) is 1.69. The zero-order valence-electron chi connectivity index (χ0n) is 5.34. The summed E-state index contributed by atoms with van der Waals surface area (Å²) in [7, 11) is 0. The van der Waals surface area contributed by atoms with E-state index >= 15 is 0 Å². The Morgan fingerprint density at radius 1 is 1.45 bits per heavy atom. The summed E-state index contributed by atoms with van der Waals surface area (Å²) in [5.74, 6) is -0.456. The van der Waals surface area contributed by atoms with Gasteiger partial charge in [-0.25, -0.2) is 4.39 Å². The van der Waals surface area contributed by atoms with Crippen LogP contribution in [0.5, 0.6) is 0 Å². The lowest BCUT2D eigenvalue weighted by molar-refractivity contribution is 0.456. The van der Waals surface area contributed by atoms with Gasteiger partial charge in [0.05, 0.1) is 11.2 Å². The van der Waals surface area contributed by atoms with E-state index < -0.39 is 5.82 Å². The Bertz CT molecular complexity index is 362. The largest absolute Gasteiger partial charge is 0.356 e. The van der Waals surface area contributed by atoms with Gasteiger partial charge in [0.25, 0.3) is 0 Å². The summed E-state index contributed by atoms with van der Waals surface area (Å²) in [5.41, 5.74) is 0.497. The van der Waals surface area contributed by atoms with Gasteiger partial charge in [-0.1, -0.05) is 16.8 Å². The van der Waals surface area contributed by atoms with Crippen LogP contribution >= 0.6 is 11.6 Å². The number of aromatic nitrogens is 1. The predicted molar refractivity (Wildman–Crippen MR) is 39.0 cm³/mol. The lowest BCUT2D eigenvalue weighted by Crippen LogP contribution is -1.74. The van der Waals surface area contributed by atoms with Crippen LogP contribution in [0.3, 0.4) is 0 Å². The maximum absolute atomic E-state index is 12.7. The molecule has 0 aliphatic rings. The third kappa shape index (κ3) is 0.973. The van der Waals surface area contributed by atoms with Gasteiger partial charge in [0, 0.05) is 11.5 Å². The molecule has 0 unspecified atom stereocenters. The Kier molecular flexibility index (Phi) is 1.32. The zero-order chi connectivity index (χ0) is 7.84. The highest BCUT2D eigenvalue weighted by Crippen LogP contribution is 2.21. The molecule has 1 aromatic heterocycles. The fourth-order valence-electron chi connectivity index (χ4n) is 0.864. The Labute approximate surface area is 66.5 Å². The minimum atomic E-state index is -0.456. The van der Waals surface area contributed by atoms with Crippen molar-refractivity contribution in [2.45, 2.75) is 0 Å². The third-order valence-electron chi connectivity index (χ3n) is 1.40. The smallest absolute Gasteiger partial charge is 0.168 e. The fraction of sp³-hybridized carbons (Fsp3) is 0. The van der Waals surface area contributed by atoms with Gasteiger partial charge in [-0.15, -0.1) is 0 Å². The van der Waals surface area contributed by atoms with Crippen molar-refractivity contribution in [3.05, 3.63) is 29.2 Å². The molecule has 0 saturated carbocycles. The first-order chi connectivity index (χ1) is 5.27. The van der Waals surface area contributed by atoms with Gasteiger partial charge in [0.15, 0.2) is 5.58 Å². The van der Waals surface area contributed by atoms with Gasteiger partial charge in [0.1, 0.15) is 5.82 Å². The second-order valence-electron chi connectivity index (χ2n) is 2.13. The van der Waals surface area contributed by atoms with Crippen LogP contribution in [0.2, 0.25) is 5.02 Å². The quantitative estimate of drug-likeness (QED) is 0.609. The van der Waals surface area contributed by atoms with Gasteiger partial charge in [0.2, 0.25) is 0 Å². The van der Waals surface area contributed by atoms with Crippen LogP contribution in [-0.2, 0) is 0 Å². The summed E-state index contributed by atoms with van der Waals surface area (Å²) in [4.78, 5) is 0. The number of hydrogen-bond acceptors (Lipinski definition) is 2. The Balaban J connectivity index is 2.86. The number of halogens is 2. The average Bonchev–Trinajstić information content (AvgIpc) is 2.36. The van der Waals surface area contributed by atoms with Gasteiger partial charge >= 0.3 is 0 Å². The van der Waals surface area contributed by atoms with Gasteiger partial charge in [-0.2, -0.15) is 0 Å². The molecule has 11 heavy (non-hydrogen) atoms. The summed E-state index contributed by atoms with van der Waals surface area (Å²) in [5, 5.41) is 4.15. The highest BCUT2D eigenvalue weighted by atomic mass is 35.5. The maximum Gasteiger partial charge on any atom is 0.168 e. The number of fused-ring (bicyclic) bond motifs is 1. The second-order valence-corrected chi connectivity index (χ2v) is 2.54. The van der Waals surface area contributed by atoms with Crippen molar-refractivity contribution in [3.63, 3.8) is 0 Å². The molecule has 2 aromatic rings. The molecule has 0 saturated heterocycles. The van der Waals surface area contributed by atoms with Crippen LogP contribution in [0.25, 0.3) is 11.0 Å². The Morgan fingerprint density at radius 3 is 3.09 bits per heavy atom. The molecule has 0 bridgehead atoms. The van der Waals surface area contributed by atoms with Crippen LogP contribution in [0.4, 0.5) is 4.39 Å². The molecule has 1 aromatic carbocycles. The van der Waals surface area contributed by atoms with Crippen molar-refractivity contribution in [2.24, 2.45) is 0 Å². The van der Waals surface area contributed by atoms with E-state index in [2.05, 4.69) is 5.16 Å². The summed E-state index contributed by atoms with van der Waals surface area (Å²) >= 11 is 5.48. The van der Waals surface area contributed by atoms with Crippen LogP contribution in [0.15, 0.2) is 22.9 Å².